The first kappa shape index (κ1) is 22.2. The molecule has 0 saturated heterocycles. The summed E-state index contributed by atoms with van der Waals surface area (Å²) in [6.07, 6.45) is 2.38. The van der Waals surface area contributed by atoms with E-state index >= 15 is 0 Å². The predicted octanol–water partition coefficient (Wildman–Crippen LogP) is 6.13. The minimum Gasteiger partial charge on any atom is -0.269 e. The zero-order valence-electron chi connectivity index (χ0n) is 18.4. The molecule has 3 heterocycles. The Morgan fingerprint density at radius 3 is 2.71 bits per heavy atom. The van der Waals surface area contributed by atoms with Crippen molar-refractivity contribution < 1.29 is 8.78 Å². The molecule has 5 rings (SSSR count). The van der Waals surface area contributed by atoms with Crippen LogP contribution >= 0.6 is 15.9 Å². The van der Waals surface area contributed by atoms with Crippen molar-refractivity contribution in [2.24, 2.45) is 5.92 Å². The van der Waals surface area contributed by atoms with Crippen LogP contribution in [0.15, 0.2) is 47.2 Å². The predicted molar refractivity (Wildman–Crippen MR) is 129 cm³/mol. The summed E-state index contributed by atoms with van der Waals surface area (Å²) in [5.74, 6) is -1.44. The Bertz CT molecular complexity index is 1600. The van der Waals surface area contributed by atoms with Gasteiger partial charge in [0.2, 0.25) is 0 Å². The van der Waals surface area contributed by atoms with Crippen molar-refractivity contribution in [1.29, 1.82) is 5.26 Å². The van der Waals surface area contributed by atoms with Crippen LogP contribution in [0.25, 0.3) is 33.1 Å². The molecule has 170 valence electrons. The van der Waals surface area contributed by atoms with Crippen LogP contribution in [0.3, 0.4) is 0 Å². The Hall–Kier alpha value is -3.64. The summed E-state index contributed by atoms with van der Waals surface area (Å²) in [6.45, 7) is 4.47. The number of nitriles is 1. The van der Waals surface area contributed by atoms with Gasteiger partial charge in [0, 0.05) is 10.9 Å². The van der Waals surface area contributed by atoms with E-state index in [1.165, 1.54) is 6.07 Å². The van der Waals surface area contributed by atoms with E-state index in [9.17, 15) is 14.0 Å². The number of fused-ring (bicyclic) bond motifs is 2. The topological polar surface area (TPSA) is 83.2 Å². The van der Waals surface area contributed by atoms with Crippen LogP contribution in [-0.4, -0.2) is 25.0 Å². The first-order chi connectivity index (χ1) is 16.4. The van der Waals surface area contributed by atoms with E-state index in [1.54, 1.807) is 16.9 Å². The third kappa shape index (κ3) is 3.84. The standard InChI is InChI=1S/C25H19BrF2N6/c1-13(2)7-20-17(10-29)22(23-24(26)32-33-25(23)31-20)15-4-6-21-16(9-15)11-30-34(21)12-14-3-5-18(27)19(28)8-14/h3-6,8-9,11,13H,7,12H2,1-2H3,(H,31,32,33). The Morgan fingerprint density at radius 2 is 1.97 bits per heavy atom. The van der Waals surface area contributed by atoms with Crippen LogP contribution in [0.5, 0.6) is 0 Å². The summed E-state index contributed by atoms with van der Waals surface area (Å²) in [7, 11) is 0. The van der Waals surface area contributed by atoms with Crippen molar-refractivity contribution in [3.8, 4) is 17.2 Å². The lowest BCUT2D eigenvalue weighted by Gasteiger charge is -2.13. The Morgan fingerprint density at radius 1 is 1.15 bits per heavy atom. The summed E-state index contributed by atoms with van der Waals surface area (Å²) in [4.78, 5) is 4.65. The Balaban J connectivity index is 1.64. The second-order valence-corrected chi connectivity index (χ2v) is 9.37. The normalized spacial score (nSPS) is 11.6. The fourth-order valence-corrected chi connectivity index (χ4v) is 4.65. The molecule has 0 spiro atoms. The second-order valence-electron chi connectivity index (χ2n) is 8.58. The summed E-state index contributed by atoms with van der Waals surface area (Å²) in [5.41, 5.74) is 4.84. The summed E-state index contributed by atoms with van der Waals surface area (Å²) < 4.78 is 29.3. The van der Waals surface area contributed by atoms with Gasteiger partial charge in [-0.05, 0) is 63.7 Å². The molecule has 1 N–H and O–H groups in total. The average Bonchev–Trinajstić information content (AvgIpc) is 3.37. The van der Waals surface area contributed by atoms with E-state index in [2.05, 4.69) is 56.1 Å². The van der Waals surface area contributed by atoms with E-state index in [0.29, 0.717) is 46.0 Å². The van der Waals surface area contributed by atoms with Crippen LogP contribution in [0.2, 0.25) is 0 Å². The zero-order chi connectivity index (χ0) is 24.0. The minimum absolute atomic E-state index is 0.300. The lowest BCUT2D eigenvalue weighted by atomic mass is 9.93. The molecule has 2 aromatic carbocycles. The number of hydrogen-bond donors (Lipinski definition) is 1. The highest BCUT2D eigenvalue weighted by molar-refractivity contribution is 9.10. The van der Waals surface area contributed by atoms with Crippen molar-refractivity contribution in [2.75, 3.05) is 0 Å². The number of rotatable bonds is 5. The lowest BCUT2D eigenvalue weighted by molar-refractivity contribution is 0.506. The minimum atomic E-state index is -0.884. The number of nitrogens with one attached hydrogen (secondary N) is 1. The molecule has 34 heavy (non-hydrogen) atoms. The molecule has 0 bridgehead atoms. The molecule has 9 heteroatoms. The van der Waals surface area contributed by atoms with E-state index in [0.717, 1.165) is 33.5 Å². The molecule has 0 amide bonds. The van der Waals surface area contributed by atoms with Gasteiger partial charge in [0.1, 0.15) is 10.7 Å². The molecular weight excluding hydrogens is 502 g/mol. The quantitative estimate of drug-likeness (QED) is 0.302. The van der Waals surface area contributed by atoms with Crippen LogP contribution in [-0.2, 0) is 13.0 Å². The van der Waals surface area contributed by atoms with Crippen LogP contribution in [0.1, 0.15) is 30.7 Å². The molecule has 0 radical (unpaired) electrons. The molecule has 0 aliphatic heterocycles. The number of H-pyrrole nitrogens is 1. The van der Waals surface area contributed by atoms with Gasteiger partial charge in [0.15, 0.2) is 17.3 Å². The van der Waals surface area contributed by atoms with E-state index in [1.807, 2.05) is 18.2 Å². The van der Waals surface area contributed by atoms with Gasteiger partial charge < -0.3 is 0 Å². The molecular formula is C25H19BrF2N6. The fraction of sp³-hybridized carbons (Fsp3) is 0.200. The van der Waals surface area contributed by atoms with Crippen LogP contribution < -0.4 is 0 Å². The lowest BCUT2D eigenvalue weighted by Crippen LogP contribution is -2.04. The first-order valence-electron chi connectivity index (χ1n) is 10.7. The second kappa shape index (κ2) is 8.61. The maximum absolute atomic E-state index is 13.6. The number of benzene rings is 2. The molecule has 0 fully saturated rings. The van der Waals surface area contributed by atoms with Gasteiger partial charge in [-0.25, -0.2) is 13.8 Å². The van der Waals surface area contributed by atoms with Gasteiger partial charge in [-0.3, -0.25) is 9.78 Å². The van der Waals surface area contributed by atoms with Crippen molar-refractivity contribution in [1.82, 2.24) is 25.0 Å². The molecule has 0 saturated carbocycles. The molecule has 0 atom stereocenters. The third-order valence-corrected chi connectivity index (χ3v) is 6.27. The van der Waals surface area contributed by atoms with Crippen LogP contribution in [0.4, 0.5) is 8.78 Å². The smallest absolute Gasteiger partial charge is 0.183 e. The monoisotopic (exact) mass is 520 g/mol. The molecule has 0 aliphatic carbocycles. The highest BCUT2D eigenvalue weighted by Crippen LogP contribution is 2.37. The number of pyridine rings is 1. The number of halogens is 3. The number of hydrogen-bond acceptors (Lipinski definition) is 4. The SMILES string of the molecule is CC(C)Cc1nc2n[nH]c(Br)c2c(-c2ccc3c(cnn3Cc3ccc(F)c(F)c3)c2)c1C#N. The van der Waals surface area contributed by atoms with Gasteiger partial charge in [-0.2, -0.15) is 15.5 Å². The zero-order valence-corrected chi connectivity index (χ0v) is 20.0. The number of aromatic nitrogens is 5. The van der Waals surface area contributed by atoms with E-state index < -0.39 is 11.6 Å². The molecule has 5 aromatic rings. The maximum atomic E-state index is 13.6. The van der Waals surface area contributed by atoms with Gasteiger partial charge in [0.25, 0.3) is 0 Å². The maximum Gasteiger partial charge on any atom is 0.183 e. The van der Waals surface area contributed by atoms with E-state index in [4.69, 9.17) is 0 Å². The van der Waals surface area contributed by atoms with E-state index in [-0.39, 0.29) is 0 Å². The van der Waals surface area contributed by atoms with Gasteiger partial charge >= 0.3 is 0 Å². The molecule has 3 aromatic heterocycles. The first-order valence-corrected chi connectivity index (χ1v) is 11.5. The Labute approximate surface area is 202 Å². The highest BCUT2D eigenvalue weighted by Gasteiger charge is 2.21. The summed E-state index contributed by atoms with van der Waals surface area (Å²) >= 11 is 3.51. The van der Waals surface area contributed by atoms with Crippen molar-refractivity contribution in [3.05, 3.63) is 75.7 Å². The number of aromatic amines is 1. The fourth-order valence-electron chi connectivity index (χ4n) is 4.19. The van der Waals surface area contributed by atoms with Crippen molar-refractivity contribution in [3.63, 3.8) is 0 Å². The highest BCUT2D eigenvalue weighted by atomic mass is 79.9. The van der Waals surface area contributed by atoms with Gasteiger partial charge in [0.05, 0.1) is 34.9 Å². The van der Waals surface area contributed by atoms with Crippen molar-refractivity contribution >= 4 is 37.9 Å². The van der Waals surface area contributed by atoms with Gasteiger partial charge in [-0.1, -0.05) is 26.0 Å². The largest absolute Gasteiger partial charge is 0.269 e. The molecule has 0 unspecified atom stereocenters. The summed E-state index contributed by atoms with van der Waals surface area (Å²) in [5, 5.41) is 23.3. The van der Waals surface area contributed by atoms with Gasteiger partial charge in [-0.15, -0.1) is 0 Å². The molecule has 6 nitrogen and oxygen atoms in total. The summed E-state index contributed by atoms with van der Waals surface area (Å²) in [6, 6.07) is 12.0. The van der Waals surface area contributed by atoms with Crippen molar-refractivity contribution in [2.45, 2.75) is 26.8 Å². The number of nitrogens with zero attached hydrogens (tertiary/aromatic N) is 5. The Kier molecular flexibility index (Phi) is 5.62. The third-order valence-electron chi connectivity index (χ3n) is 5.69. The van der Waals surface area contributed by atoms with Crippen LogP contribution in [0, 0.1) is 28.9 Å². The average molecular weight is 521 g/mol. The molecule has 0 aliphatic rings.